The zero-order chi connectivity index (χ0) is 14.0. The molecule has 0 amide bonds. The third kappa shape index (κ3) is 2.63. The van der Waals surface area contributed by atoms with Gasteiger partial charge in [-0.25, -0.2) is 9.78 Å². The second-order valence-corrected chi connectivity index (χ2v) is 4.66. The first-order valence-electron chi connectivity index (χ1n) is 6.03. The second-order valence-electron chi connectivity index (χ2n) is 4.29. The molecule has 1 heterocycles. The highest BCUT2D eigenvalue weighted by atomic mass is 35.5. The summed E-state index contributed by atoms with van der Waals surface area (Å²) >= 11 is 6.20. The van der Waals surface area contributed by atoms with Gasteiger partial charge in [-0.3, -0.25) is 0 Å². The zero-order valence-electron chi connectivity index (χ0n) is 10.7. The van der Waals surface area contributed by atoms with Crippen LogP contribution < -0.4 is 0 Å². The van der Waals surface area contributed by atoms with Gasteiger partial charge in [0.2, 0.25) is 11.7 Å². The van der Waals surface area contributed by atoms with Gasteiger partial charge in [0.1, 0.15) is 0 Å². The van der Waals surface area contributed by atoms with Crippen LogP contribution in [0.2, 0.25) is 5.02 Å². The van der Waals surface area contributed by atoms with Crippen LogP contribution in [0.3, 0.4) is 0 Å². The number of benzene rings is 1. The number of hydrogen-bond acceptors (Lipinski definition) is 3. The van der Waals surface area contributed by atoms with Gasteiger partial charge in [0.05, 0.1) is 16.3 Å². The number of hydrogen-bond donors (Lipinski definition) is 1. The molecule has 2 aromatic rings. The monoisotopic (exact) mass is 279 g/mol. The number of carboxylic acid groups (broad SMARTS) is 1. The van der Waals surface area contributed by atoms with E-state index in [1.54, 1.807) is 6.07 Å². The first-order chi connectivity index (χ1) is 9.04. The predicted molar refractivity (Wildman–Crippen MR) is 72.6 cm³/mol. The third-order valence-electron chi connectivity index (χ3n) is 2.80. The maximum absolute atomic E-state index is 11.1. The summed E-state index contributed by atoms with van der Waals surface area (Å²) in [5.41, 5.74) is 1.97. The SMILES string of the molecule is CCCc1nc(-c2cccc(C)c2Cl)oc1C(=O)O. The summed E-state index contributed by atoms with van der Waals surface area (Å²) in [5.74, 6) is -0.949. The Bertz CT molecular complexity index is 619. The number of aryl methyl sites for hydroxylation is 2. The number of halogens is 1. The normalized spacial score (nSPS) is 10.7. The first-order valence-corrected chi connectivity index (χ1v) is 6.40. The quantitative estimate of drug-likeness (QED) is 0.920. The Hall–Kier alpha value is -1.81. The predicted octanol–water partition coefficient (Wildman–Crippen LogP) is 3.95. The molecule has 0 saturated carbocycles. The average Bonchev–Trinajstić information content (AvgIpc) is 2.77. The van der Waals surface area contributed by atoms with Gasteiger partial charge < -0.3 is 9.52 Å². The van der Waals surface area contributed by atoms with Crippen molar-refractivity contribution in [3.63, 3.8) is 0 Å². The highest BCUT2D eigenvalue weighted by Gasteiger charge is 2.21. The molecule has 0 radical (unpaired) electrons. The molecule has 0 aliphatic rings. The molecule has 1 aromatic heterocycles. The average molecular weight is 280 g/mol. The van der Waals surface area contributed by atoms with Gasteiger partial charge in [0, 0.05) is 0 Å². The first kappa shape index (κ1) is 13.6. The molecule has 5 heteroatoms. The molecule has 0 fully saturated rings. The summed E-state index contributed by atoms with van der Waals surface area (Å²) < 4.78 is 5.36. The lowest BCUT2D eigenvalue weighted by atomic mass is 10.1. The minimum atomic E-state index is -1.11. The van der Waals surface area contributed by atoms with Crippen LogP contribution in [0.4, 0.5) is 0 Å². The van der Waals surface area contributed by atoms with E-state index in [-0.39, 0.29) is 11.7 Å². The number of aromatic carboxylic acids is 1. The van der Waals surface area contributed by atoms with E-state index in [4.69, 9.17) is 21.1 Å². The van der Waals surface area contributed by atoms with Gasteiger partial charge in [0.25, 0.3) is 0 Å². The topological polar surface area (TPSA) is 63.3 Å². The number of carboxylic acids is 1. The molecule has 19 heavy (non-hydrogen) atoms. The molecule has 0 unspecified atom stereocenters. The van der Waals surface area contributed by atoms with E-state index >= 15 is 0 Å². The molecule has 0 aliphatic heterocycles. The van der Waals surface area contributed by atoms with Crippen molar-refractivity contribution in [2.45, 2.75) is 26.7 Å². The Morgan fingerprint density at radius 3 is 2.84 bits per heavy atom. The van der Waals surface area contributed by atoms with E-state index in [9.17, 15) is 4.79 Å². The molecule has 100 valence electrons. The maximum atomic E-state index is 11.1. The molecule has 1 aromatic carbocycles. The molecule has 0 atom stereocenters. The van der Waals surface area contributed by atoms with Crippen molar-refractivity contribution in [1.82, 2.24) is 4.98 Å². The zero-order valence-corrected chi connectivity index (χ0v) is 11.5. The Morgan fingerprint density at radius 1 is 1.47 bits per heavy atom. The standard InChI is InChI=1S/C14H14ClNO3/c1-3-5-10-12(14(17)18)19-13(16-10)9-7-4-6-8(2)11(9)15/h4,6-7H,3,5H2,1-2H3,(H,17,18). The molecular weight excluding hydrogens is 266 g/mol. The van der Waals surface area contributed by atoms with Crippen LogP contribution in [0.25, 0.3) is 11.5 Å². The maximum Gasteiger partial charge on any atom is 0.373 e. The van der Waals surface area contributed by atoms with Gasteiger partial charge in [-0.15, -0.1) is 0 Å². The number of rotatable bonds is 4. The van der Waals surface area contributed by atoms with E-state index in [1.807, 2.05) is 26.0 Å². The van der Waals surface area contributed by atoms with Gasteiger partial charge in [-0.1, -0.05) is 37.1 Å². The largest absolute Gasteiger partial charge is 0.475 e. The number of oxazole rings is 1. The van der Waals surface area contributed by atoms with Crippen LogP contribution in [0.5, 0.6) is 0 Å². The van der Waals surface area contributed by atoms with E-state index in [0.29, 0.717) is 22.7 Å². The van der Waals surface area contributed by atoms with Crippen molar-refractivity contribution in [3.8, 4) is 11.5 Å². The fraction of sp³-hybridized carbons (Fsp3) is 0.286. The molecule has 4 nitrogen and oxygen atoms in total. The fourth-order valence-corrected chi connectivity index (χ4v) is 2.06. The third-order valence-corrected chi connectivity index (χ3v) is 3.30. The smallest absolute Gasteiger partial charge is 0.373 e. The van der Waals surface area contributed by atoms with E-state index in [0.717, 1.165) is 12.0 Å². The number of aromatic nitrogens is 1. The lowest BCUT2D eigenvalue weighted by molar-refractivity contribution is 0.0661. The van der Waals surface area contributed by atoms with Crippen molar-refractivity contribution >= 4 is 17.6 Å². The van der Waals surface area contributed by atoms with Crippen molar-refractivity contribution < 1.29 is 14.3 Å². The highest BCUT2D eigenvalue weighted by molar-refractivity contribution is 6.33. The highest BCUT2D eigenvalue weighted by Crippen LogP contribution is 2.31. The summed E-state index contributed by atoms with van der Waals surface area (Å²) in [6.45, 7) is 3.83. The molecule has 0 spiro atoms. The van der Waals surface area contributed by atoms with E-state index in [1.165, 1.54) is 0 Å². The number of carbonyl (C=O) groups is 1. The molecule has 0 aliphatic carbocycles. The molecule has 0 bridgehead atoms. The van der Waals surface area contributed by atoms with Gasteiger partial charge in [0.15, 0.2) is 0 Å². The lowest BCUT2D eigenvalue weighted by Gasteiger charge is -2.01. The van der Waals surface area contributed by atoms with Crippen LogP contribution in [0, 0.1) is 6.92 Å². The van der Waals surface area contributed by atoms with Crippen molar-refractivity contribution in [2.24, 2.45) is 0 Å². The second kappa shape index (κ2) is 5.45. The van der Waals surface area contributed by atoms with E-state index in [2.05, 4.69) is 4.98 Å². The minimum Gasteiger partial charge on any atom is -0.475 e. The summed E-state index contributed by atoms with van der Waals surface area (Å²) in [6.07, 6.45) is 1.36. The minimum absolute atomic E-state index is 0.102. The molecular formula is C14H14ClNO3. The molecule has 1 N–H and O–H groups in total. The van der Waals surface area contributed by atoms with Gasteiger partial charge >= 0.3 is 5.97 Å². The van der Waals surface area contributed by atoms with Crippen LogP contribution >= 0.6 is 11.6 Å². The van der Waals surface area contributed by atoms with Crippen LogP contribution in [-0.2, 0) is 6.42 Å². The van der Waals surface area contributed by atoms with Gasteiger partial charge in [-0.2, -0.15) is 0 Å². The molecule has 2 rings (SSSR count). The summed E-state index contributed by atoms with van der Waals surface area (Å²) in [5, 5.41) is 9.64. The summed E-state index contributed by atoms with van der Waals surface area (Å²) in [6, 6.07) is 5.48. The van der Waals surface area contributed by atoms with Crippen LogP contribution in [0.1, 0.15) is 35.2 Å². The molecule has 0 saturated heterocycles. The van der Waals surface area contributed by atoms with Crippen molar-refractivity contribution in [2.75, 3.05) is 0 Å². The van der Waals surface area contributed by atoms with Crippen LogP contribution in [0.15, 0.2) is 22.6 Å². The van der Waals surface area contributed by atoms with Gasteiger partial charge in [-0.05, 0) is 25.0 Å². The van der Waals surface area contributed by atoms with Crippen molar-refractivity contribution in [3.05, 3.63) is 40.2 Å². The Kier molecular flexibility index (Phi) is 3.90. The van der Waals surface area contributed by atoms with Crippen molar-refractivity contribution in [1.29, 1.82) is 0 Å². The lowest BCUT2D eigenvalue weighted by Crippen LogP contribution is -1.99. The van der Waals surface area contributed by atoms with Crippen LogP contribution in [-0.4, -0.2) is 16.1 Å². The summed E-state index contributed by atoms with van der Waals surface area (Å²) in [7, 11) is 0. The number of nitrogens with zero attached hydrogens (tertiary/aromatic N) is 1. The Morgan fingerprint density at radius 2 is 2.21 bits per heavy atom. The Labute approximate surface area is 116 Å². The van der Waals surface area contributed by atoms with E-state index < -0.39 is 5.97 Å². The Balaban J connectivity index is 2.54. The fourth-order valence-electron chi connectivity index (χ4n) is 1.85. The summed E-state index contributed by atoms with van der Waals surface area (Å²) in [4.78, 5) is 15.4.